The van der Waals surface area contributed by atoms with Gasteiger partial charge in [0, 0.05) is 26.2 Å². The molecule has 2 N–H and O–H groups in total. The molecule has 0 spiro atoms. The van der Waals surface area contributed by atoms with E-state index in [-0.39, 0.29) is 31.0 Å². The van der Waals surface area contributed by atoms with Gasteiger partial charge in [0.1, 0.15) is 0 Å². The first-order valence-corrected chi connectivity index (χ1v) is 11.0. The Morgan fingerprint density at radius 2 is 1.94 bits per heavy atom. The number of aliphatic carboxylic acids is 1. The number of likely N-dealkylation sites (N-methyl/N-ethyl adjacent to an activating group) is 1. The fraction of sp³-hybridized carbons (Fsp3) is 0.391. The maximum absolute atomic E-state index is 13.1. The number of nitrogens with zero attached hydrogens (tertiary/aromatic N) is 2. The molecule has 0 bridgehead atoms. The highest BCUT2D eigenvalue weighted by Crippen LogP contribution is 2.26. The first kappa shape index (κ1) is 23.5. The third-order valence-electron chi connectivity index (χ3n) is 5.63. The van der Waals surface area contributed by atoms with Gasteiger partial charge in [-0.05, 0) is 36.2 Å². The van der Waals surface area contributed by atoms with Crippen molar-refractivity contribution in [2.45, 2.75) is 24.9 Å². The van der Waals surface area contributed by atoms with Crippen molar-refractivity contribution in [3.63, 3.8) is 0 Å². The van der Waals surface area contributed by atoms with Crippen LogP contribution >= 0.6 is 23.2 Å². The summed E-state index contributed by atoms with van der Waals surface area (Å²) in [7, 11) is 1.83. The fourth-order valence-electron chi connectivity index (χ4n) is 3.89. The molecule has 1 fully saturated rings. The van der Waals surface area contributed by atoms with E-state index in [2.05, 4.69) is 10.2 Å². The van der Waals surface area contributed by atoms with Gasteiger partial charge in [-0.25, -0.2) is 0 Å². The van der Waals surface area contributed by atoms with Crippen LogP contribution in [0.5, 0.6) is 0 Å². The number of carboxylic acid groups (broad SMARTS) is 1. The second-order valence-corrected chi connectivity index (χ2v) is 8.69. The third-order valence-corrected chi connectivity index (χ3v) is 6.37. The smallest absolute Gasteiger partial charge is 0.317 e. The van der Waals surface area contributed by atoms with Crippen molar-refractivity contribution in [2.24, 2.45) is 0 Å². The quantitative estimate of drug-likeness (QED) is 0.595. The topological polar surface area (TPSA) is 72.9 Å². The van der Waals surface area contributed by atoms with E-state index in [1.807, 2.05) is 43.4 Å². The van der Waals surface area contributed by atoms with E-state index in [4.69, 9.17) is 28.3 Å². The van der Waals surface area contributed by atoms with Gasteiger partial charge in [0.2, 0.25) is 5.91 Å². The summed E-state index contributed by atoms with van der Waals surface area (Å²) in [6, 6.07) is 15.2. The van der Waals surface area contributed by atoms with Crippen LogP contribution in [0.1, 0.15) is 23.6 Å². The minimum Gasteiger partial charge on any atom is -0.480 e. The molecule has 31 heavy (non-hydrogen) atoms. The summed E-state index contributed by atoms with van der Waals surface area (Å²) in [5, 5.41) is 12.9. The van der Waals surface area contributed by atoms with Crippen LogP contribution in [0.4, 0.5) is 0 Å². The Labute approximate surface area is 192 Å². The molecule has 166 valence electrons. The molecule has 0 radical (unpaired) electrons. The average Bonchev–Trinajstić information content (AvgIpc) is 3.21. The Morgan fingerprint density at radius 1 is 1.19 bits per heavy atom. The highest BCUT2D eigenvalue weighted by molar-refractivity contribution is 6.42. The summed E-state index contributed by atoms with van der Waals surface area (Å²) < 4.78 is 0. The number of likely N-dealkylation sites (tertiary alicyclic amines) is 1. The Bertz CT molecular complexity index is 910. The molecule has 2 aromatic rings. The van der Waals surface area contributed by atoms with Crippen LogP contribution in [0.25, 0.3) is 0 Å². The van der Waals surface area contributed by atoms with Gasteiger partial charge in [0.25, 0.3) is 0 Å². The van der Waals surface area contributed by atoms with Crippen LogP contribution in [-0.2, 0) is 16.0 Å². The number of carbonyl (C=O) groups excluding carboxylic acids is 1. The molecule has 1 aliphatic rings. The number of nitrogens with one attached hydrogen (secondary N) is 1. The van der Waals surface area contributed by atoms with E-state index in [9.17, 15) is 9.59 Å². The SMILES string of the molecule is CN(C(=O)Cc1ccc(Cl)c(Cl)c1)C(CN1CCC(NCC(=O)O)C1)c1ccccc1. The van der Waals surface area contributed by atoms with Crippen LogP contribution in [-0.4, -0.2) is 66.1 Å². The highest BCUT2D eigenvalue weighted by Gasteiger charge is 2.29. The first-order chi connectivity index (χ1) is 14.8. The Hall–Kier alpha value is -2.12. The van der Waals surface area contributed by atoms with Gasteiger partial charge in [-0.1, -0.05) is 59.6 Å². The van der Waals surface area contributed by atoms with Crippen molar-refractivity contribution in [1.82, 2.24) is 15.1 Å². The summed E-state index contributed by atoms with van der Waals surface area (Å²) >= 11 is 12.1. The lowest BCUT2D eigenvalue weighted by molar-refractivity contribution is -0.136. The van der Waals surface area contributed by atoms with Crippen LogP contribution in [0.15, 0.2) is 48.5 Å². The molecule has 8 heteroatoms. The van der Waals surface area contributed by atoms with E-state index in [0.717, 1.165) is 30.6 Å². The van der Waals surface area contributed by atoms with Crippen LogP contribution in [0.2, 0.25) is 10.0 Å². The van der Waals surface area contributed by atoms with E-state index in [0.29, 0.717) is 16.6 Å². The van der Waals surface area contributed by atoms with E-state index in [1.54, 1.807) is 17.0 Å². The number of amides is 1. The van der Waals surface area contributed by atoms with Crippen LogP contribution in [0.3, 0.4) is 0 Å². The lowest BCUT2D eigenvalue weighted by atomic mass is 10.0. The van der Waals surface area contributed by atoms with Gasteiger partial charge >= 0.3 is 5.97 Å². The predicted octanol–water partition coefficient (Wildman–Crippen LogP) is 3.48. The van der Waals surface area contributed by atoms with Gasteiger partial charge in [0.15, 0.2) is 0 Å². The maximum atomic E-state index is 13.1. The molecule has 1 amide bonds. The molecule has 0 saturated carbocycles. The number of hydrogen-bond donors (Lipinski definition) is 2. The number of hydrogen-bond acceptors (Lipinski definition) is 4. The van der Waals surface area contributed by atoms with Crippen molar-refractivity contribution in [3.8, 4) is 0 Å². The largest absolute Gasteiger partial charge is 0.480 e. The first-order valence-electron chi connectivity index (χ1n) is 10.3. The molecule has 2 atom stereocenters. The predicted molar refractivity (Wildman–Crippen MR) is 123 cm³/mol. The van der Waals surface area contributed by atoms with Crippen LogP contribution in [0, 0.1) is 0 Å². The zero-order chi connectivity index (χ0) is 22.4. The summed E-state index contributed by atoms with van der Waals surface area (Å²) in [5.74, 6) is -0.861. The molecule has 3 rings (SSSR count). The minimum atomic E-state index is -0.853. The average molecular weight is 464 g/mol. The monoisotopic (exact) mass is 463 g/mol. The van der Waals surface area contributed by atoms with Crippen molar-refractivity contribution in [2.75, 3.05) is 33.2 Å². The van der Waals surface area contributed by atoms with Crippen molar-refractivity contribution < 1.29 is 14.7 Å². The van der Waals surface area contributed by atoms with Gasteiger partial charge < -0.3 is 15.3 Å². The maximum Gasteiger partial charge on any atom is 0.317 e. The third kappa shape index (κ3) is 6.68. The molecule has 2 unspecified atom stereocenters. The summed E-state index contributed by atoms with van der Waals surface area (Å²) in [4.78, 5) is 28.0. The molecule has 0 aromatic heterocycles. The van der Waals surface area contributed by atoms with E-state index >= 15 is 0 Å². The zero-order valence-corrected chi connectivity index (χ0v) is 18.9. The minimum absolute atomic E-state index is 0.00742. The van der Waals surface area contributed by atoms with Gasteiger partial charge in [-0.2, -0.15) is 0 Å². The molecular weight excluding hydrogens is 437 g/mol. The van der Waals surface area contributed by atoms with Gasteiger partial charge in [-0.15, -0.1) is 0 Å². The molecule has 2 aromatic carbocycles. The Balaban J connectivity index is 1.69. The van der Waals surface area contributed by atoms with Gasteiger partial charge in [0.05, 0.1) is 29.1 Å². The molecule has 6 nitrogen and oxygen atoms in total. The Kier molecular flexibility index (Phi) is 8.32. The second-order valence-electron chi connectivity index (χ2n) is 7.88. The summed E-state index contributed by atoms with van der Waals surface area (Å²) in [6.07, 6.45) is 1.12. The lowest BCUT2D eigenvalue weighted by Crippen LogP contribution is -2.41. The van der Waals surface area contributed by atoms with Crippen LogP contribution < -0.4 is 5.32 Å². The van der Waals surface area contributed by atoms with E-state index in [1.165, 1.54) is 0 Å². The summed E-state index contributed by atoms with van der Waals surface area (Å²) in [6.45, 7) is 2.25. The van der Waals surface area contributed by atoms with Gasteiger partial charge in [-0.3, -0.25) is 14.5 Å². The number of benzene rings is 2. The molecular formula is C23H27Cl2N3O3. The van der Waals surface area contributed by atoms with E-state index < -0.39 is 5.97 Å². The second kappa shape index (κ2) is 11.0. The number of carbonyl (C=O) groups is 2. The standard InChI is InChI=1S/C23H27Cl2N3O3/c1-27(22(29)12-16-7-8-19(24)20(25)11-16)21(17-5-3-2-4-6-17)15-28-10-9-18(14-28)26-13-23(30)31/h2-8,11,18,21,26H,9-10,12-15H2,1H3,(H,30,31). The van der Waals surface area contributed by atoms with Crippen molar-refractivity contribution >= 4 is 35.1 Å². The zero-order valence-electron chi connectivity index (χ0n) is 17.4. The lowest BCUT2D eigenvalue weighted by Gasteiger charge is -2.32. The fourth-order valence-corrected chi connectivity index (χ4v) is 4.21. The number of carboxylic acids is 1. The normalized spacial score (nSPS) is 17.5. The number of rotatable bonds is 9. The highest BCUT2D eigenvalue weighted by atomic mass is 35.5. The van der Waals surface area contributed by atoms with Crippen molar-refractivity contribution in [3.05, 3.63) is 69.7 Å². The molecule has 1 heterocycles. The van der Waals surface area contributed by atoms with Crippen molar-refractivity contribution in [1.29, 1.82) is 0 Å². The molecule has 0 aliphatic carbocycles. The molecule has 1 aliphatic heterocycles. The Morgan fingerprint density at radius 3 is 2.61 bits per heavy atom. The molecule has 1 saturated heterocycles. The summed E-state index contributed by atoms with van der Waals surface area (Å²) in [5.41, 5.74) is 1.88. The number of halogens is 2.